The lowest BCUT2D eigenvalue weighted by atomic mass is 9.61. The Morgan fingerprint density at radius 1 is 1.10 bits per heavy atom. The molecule has 258 valence electrons. The van der Waals surface area contributed by atoms with Gasteiger partial charge in [0.25, 0.3) is 0 Å². The minimum absolute atomic E-state index is 0.144. The topological polar surface area (TPSA) is 87.2 Å². The first-order valence-electron chi connectivity index (χ1n) is 17.3. The summed E-state index contributed by atoms with van der Waals surface area (Å²) in [6.45, 7) is 16.1. The van der Waals surface area contributed by atoms with E-state index < -0.39 is 5.82 Å². The zero-order valence-corrected chi connectivity index (χ0v) is 29.2. The minimum atomic E-state index is -0.490. The van der Waals surface area contributed by atoms with Crippen molar-refractivity contribution in [2.75, 3.05) is 58.3 Å². The number of aldehydes is 1. The van der Waals surface area contributed by atoms with E-state index in [1.807, 2.05) is 12.3 Å². The molecule has 1 aliphatic carbocycles. The van der Waals surface area contributed by atoms with E-state index in [0.717, 1.165) is 69.7 Å². The van der Waals surface area contributed by atoms with Gasteiger partial charge in [-0.25, -0.2) is 14.4 Å². The first-order valence-corrected chi connectivity index (χ1v) is 17.3. The maximum Gasteiger partial charge on any atom is 0.188 e. The minimum Gasteiger partial charge on any atom is -0.490 e. The van der Waals surface area contributed by atoms with Gasteiger partial charge in [-0.2, -0.15) is 0 Å². The van der Waals surface area contributed by atoms with Gasteiger partial charge >= 0.3 is 0 Å². The number of nitrogens with zero attached hydrogens (tertiary/aromatic N) is 7. The van der Waals surface area contributed by atoms with Crippen LogP contribution in [0.3, 0.4) is 0 Å². The van der Waals surface area contributed by atoms with Crippen molar-refractivity contribution in [3.63, 3.8) is 0 Å². The van der Waals surface area contributed by atoms with Crippen molar-refractivity contribution in [1.82, 2.24) is 29.7 Å². The van der Waals surface area contributed by atoms with Crippen molar-refractivity contribution in [1.29, 1.82) is 0 Å². The molecule has 48 heavy (non-hydrogen) atoms. The van der Waals surface area contributed by atoms with Gasteiger partial charge in [0.2, 0.25) is 0 Å². The molecule has 0 bridgehead atoms. The summed E-state index contributed by atoms with van der Waals surface area (Å²) in [6.07, 6.45) is 8.68. The van der Waals surface area contributed by atoms with Gasteiger partial charge in [-0.1, -0.05) is 6.92 Å². The molecule has 10 nitrogen and oxygen atoms in total. The number of carbonyl (C=O) groups excluding carboxylic acids is 1. The lowest BCUT2D eigenvalue weighted by molar-refractivity contribution is -0.0356. The van der Waals surface area contributed by atoms with E-state index in [9.17, 15) is 9.18 Å². The van der Waals surface area contributed by atoms with Crippen LogP contribution in [0.15, 0.2) is 43.0 Å². The molecule has 0 N–H and O–H groups in total. The zero-order chi connectivity index (χ0) is 34.0. The fourth-order valence-electron chi connectivity index (χ4n) is 7.39. The van der Waals surface area contributed by atoms with Crippen molar-refractivity contribution in [2.45, 2.75) is 71.7 Å². The van der Waals surface area contributed by atoms with Crippen LogP contribution >= 0.6 is 0 Å². The molecule has 3 aromatic rings. The third-order valence-corrected chi connectivity index (χ3v) is 10.8. The molecule has 0 amide bonds. The molecule has 2 aromatic heterocycles. The van der Waals surface area contributed by atoms with E-state index in [1.165, 1.54) is 42.8 Å². The quantitative estimate of drug-likeness (QED) is 0.267. The maximum atomic E-state index is 13.6. The summed E-state index contributed by atoms with van der Waals surface area (Å²) in [6, 6.07) is 7.17. The Hall–Kier alpha value is -3.67. The van der Waals surface area contributed by atoms with Gasteiger partial charge in [-0.05, 0) is 84.4 Å². The van der Waals surface area contributed by atoms with Crippen LogP contribution in [0.25, 0.3) is 0 Å². The standard InChI is InChI=1S/C31H35FN6O3.C6H15N/c1-20(22-13-36(2)14-22)37-8-6-26-25(15-37)28(5-7-34-26)40-24-10-31(11-24)17-38(18-31)30-29(12-33-19-35-30)41-27-4-3-23(32)9-21(27)16-39;1-5-7(4)6(2)3/h3-5,7,9,12,16,19-20,22,24H,6,8,10-11,13-15,17-18H2,1-2H3;6H,5H2,1-4H3. The van der Waals surface area contributed by atoms with Crippen LogP contribution in [0.1, 0.15) is 62.2 Å². The smallest absolute Gasteiger partial charge is 0.188 e. The van der Waals surface area contributed by atoms with Crippen molar-refractivity contribution in [2.24, 2.45) is 11.3 Å². The first-order chi connectivity index (χ1) is 23.1. The molecule has 0 radical (unpaired) electrons. The molecular weight excluding hydrogens is 609 g/mol. The Bertz CT molecular complexity index is 1570. The molecule has 1 unspecified atom stereocenters. The number of hydrogen-bond acceptors (Lipinski definition) is 10. The van der Waals surface area contributed by atoms with Gasteiger partial charge < -0.3 is 24.2 Å². The highest BCUT2D eigenvalue weighted by Gasteiger charge is 2.54. The average molecular weight is 660 g/mol. The van der Waals surface area contributed by atoms with Gasteiger partial charge in [-0.15, -0.1) is 0 Å². The Labute approximate surface area is 284 Å². The fourth-order valence-corrected chi connectivity index (χ4v) is 7.39. The third kappa shape index (κ3) is 7.33. The molecule has 7 rings (SSSR count). The molecular formula is C37H50FN7O3. The number of fused-ring (bicyclic) bond motifs is 1. The molecule has 3 fully saturated rings. The number of anilines is 1. The van der Waals surface area contributed by atoms with E-state index in [0.29, 0.717) is 29.9 Å². The molecule has 1 atom stereocenters. The number of benzene rings is 1. The van der Waals surface area contributed by atoms with Crippen LogP contribution in [0.5, 0.6) is 17.2 Å². The molecule has 3 aliphatic heterocycles. The average Bonchev–Trinajstić information content (AvgIpc) is 3.04. The second kappa shape index (κ2) is 14.4. The number of likely N-dealkylation sites (tertiary alicyclic amines) is 1. The largest absolute Gasteiger partial charge is 0.490 e. The summed E-state index contributed by atoms with van der Waals surface area (Å²) in [7, 11) is 4.32. The maximum absolute atomic E-state index is 13.6. The highest BCUT2D eigenvalue weighted by atomic mass is 19.1. The zero-order valence-electron chi connectivity index (χ0n) is 29.2. The normalized spacial score (nSPS) is 19.9. The summed E-state index contributed by atoms with van der Waals surface area (Å²) in [5.41, 5.74) is 2.77. The number of rotatable bonds is 10. The fraction of sp³-hybridized carbons (Fsp3) is 0.568. The van der Waals surface area contributed by atoms with Crippen LogP contribution in [0, 0.1) is 17.2 Å². The van der Waals surface area contributed by atoms with Crippen molar-refractivity contribution in [3.8, 4) is 17.2 Å². The van der Waals surface area contributed by atoms with Gasteiger partial charge in [0.1, 0.15) is 29.7 Å². The van der Waals surface area contributed by atoms with Crippen LogP contribution in [0.2, 0.25) is 0 Å². The molecule has 1 spiro atoms. The summed E-state index contributed by atoms with van der Waals surface area (Å²) in [5, 5.41) is 0. The Balaban J connectivity index is 0.000000519. The SMILES string of the molecule is CC(C1CN(C)C1)N1CCc2nccc(OC3CC4(C3)CN(c3ncncc3Oc3ccc(F)cc3C=O)C4)c2C1.CCN(C)C(C)C. The van der Waals surface area contributed by atoms with Gasteiger partial charge in [0.15, 0.2) is 17.9 Å². The van der Waals surface area contributed by atoms with Crippen LogP contribution < -0.4 is 14.4 Å². The summed E-state index contributed by atoms with van der Waals surface area (Å²) < 4.78 is 26.1. The number of aromatic nitrogens is 3. The van der Waals surface area contributed by atoms with Crippen molar-refractivity contribution >= 4 is 12.1 Å². The predicted octanol–water partition coefficient (Wildman–Crippen LogP) is 5.32. The van der Waals surface area contributed by atoms with Crippen LogP contribution in [0.4, 0.5) is 10.2 Å². The highest BCUT2D eigenvalue weighted by molar-refractivity contribution is 5.79. The second-order valence-electron chi connectivity index (χ2n) is 14.5. The summed E-state index contributed by atoms with van der Waals surface area (Å²) >= 11 is 0. The Kier molecular flexibility index (Phi) is 10.3. The van der Waals surface area contributed by atoms with E-state index in [-0.39, 0.29) is 22.8 Å². The number of pyridine rings is 1. The molecule has 1 saturated carbocycles. The van der Waals surface area contributed by atoms with Gasteiger partial charge in [0.05, 0.1) is 11.8 Å². The molecule has 4 aliphatic rings. The summed E-state index contributed by atoms with van der Waals surface area (Å²) in [5.74, 6) is 2.63. The summed E-state index contributed by atoms with van der Waals surface area (Å²) in [4.78, 5) is 34.1. The number of ether oxygens (including phenoxy) is 2. The van der Waals surface area contributed by atoms with Gasteiger partial charge in [-0.3, -0.25) is 14.7 Å². The Morgan fingerprint density at radius 2 is 1.88 bits per heavy atom. The predicted molar refractivity (Wildman–Crippen MR) is 184 cm³/mol. The van der Waals surface area contributed by atoms with Gasteiger partial charge in [0, 0.05) is 80.6 Å². The lowest BCUT2D eigenvalue weighted by Gasteiger charge is -2.59. The molecule has 2 saturated heterocycles. The van der Waals surface area contributed by atoms with E-state index in [1.54, 1.807) is 6.20 Å². The van der Waals surface area contributed by atoms with E-state index in [4.69, 9.17) is 9.47 Å². The first kappa shape index (κ1) is 34.2. The van der Waals surface area contributed by atoms with Crippen molar-refractivity contribution < 1.29 is 18.7 Å². The molecule has 5 heterocycles. The monoisotopic (exact) mass is 659 g/mol. The second-order valence-corrected chi connectivity index (χ2v) is 14.5. The van der Waals surface area contributed by atoms with E-state index in [2.05, 4.69) is 76.3 Å². The number of carbonyl (C=O) groups is 1. The molecule has 1 aromatic carbocycles. The lowest BCUT2D eigenvalue weighted by Crippen LogP contribution is -2.65. The van der Waals surface area contributed by atoms with Crippen molar-refractivity contribution in [3.05, 3.63) is 65.6 Å². The third-order valence-electron chi connectivity index (χ3n) is 10.8. The van der Waals surface area contributed by atoms with E-state index >= 15 is 0 Å². The number of halogens is 1. The number of hydrogen-bond donors (Lipinski definition) is 0. The van der Waals surface area contributed by atoms with Crippen LogP contribution in [-0.2, 0) is 13.0 Å². The Morgan fingerprint density at radius 3 is 2.54 bits per heavy atom. The van der Waals surface area contributed by atoms with Crippen LogP contribution in [-0.4, -0.2) is 107 Å². The molecule has 11 heteroatoms. The highest BCUT2D eigenvalue weighted by Crippen LogP contribution is 2.52.